The van der Waals surface area contributed by atoms with E-state index < -0.39 is 0 Å². The molecule has 4 aromatic rings. The number of carbonyl (C=O) groups excluding carboxylic acids is 1. The maximum atomic E-state index is 12.7. The van der Waals surface area contributed by atoms with Gasteiger partial charge < -0.3 is 14.2 Å². The summed E-state index contributed by atoms with van der Waals surface area (Å²) < 4.78 is 10.9. The Labute approximate surface area is 170 Å². The number of anilines is 1. The van der Waals surface area contributed by atoms with Crippen molar-refractivity contribution in [3.8, 4) is 23.1 Å². The normalized spacial score (nSPS) is 10.8. The lowest BCUT2D eigenvalue weighted by molar-refractivity contribution is 0.102. The number of aryl methyl sites for hydroxylation is 1. The van der Waals surface area contributed by atoms with Gasteiger partial charge in [0.15, 0.2) is 5.76 Å². The second kappa shape index (κ2) is 7.50. The van der Waals surface area contributed by atoms with Gasteiger partial charge in [-0.3, -0.25) is 4.79 Å². The molecule has 0 aliphatic carbocycles. The Bertz CT molecular complexity index is 1150. The van der Waals surface area contributed by atoms with E-state index in [0.717, 1.165) is 5.56 Å². The summed E-state index contributed by atoms with van der Waals surface area (Å²) in [6, 6.07) is 13.6. The van der Waals surface area contributed by atoms with Gasteiger partial charge in [0.05, 0.1) is 17.0 Å². The van der Waals surface area contributed by atoms with Gasteiger partial charge in [0.25, 0.3) is 11.8 Å². The van der Waals surface area contributed by atoms with Crippen molar-refractivity contribution < 1.29 is 13.6 Å². The standard InChI is InChI=1S/C20H13Cl2N3O3/c1-11-4-6-13(21)10-14(11)18(26)23-16-9-12(5-7-15(16)22)19-24-25-20(28-19)17-3-2-8-27-17/h2-10H,1H3,(H,23,26). The smallest absolute Gasteiger partial charge is 0.283 e. The second-order valence-electron chi connectivity index (χ2n) is 6.00. The summed E-state index contributed by atoms with van der Waals surface area (Å²) in [6.45, 7) is 1.83. The minimum atomic E-state index is -0.319. The summed E-state index contributed by atoms with van der Waals surface area (Å²) in [5.41, 5.74) is 2.29. The van der Waals surface area contributed by atoms with Crippen LogP contribution in [-0.4, -0.2) is 16.1 Å². The molecule has 0 bridgehead atoms. The number of nitrogens with one attached hydrogen (secondary N) is 1. The van der Waals surface area contributed by atoms with Crippen molar-refractivity contribution >= 4 is 34.8 Å². The van der Waals surface area contributed by atoms with E-state index >= 15 is 0 Å². The Morgan fingerprint density at radius 1 is 1.04 bits per heavy atom. The second-order valence-corrected chi connectivity index (χ2v) is 6.84. The molecule has 2 aromatic carbocycles. The average Bonchev–Trinajstić information content (AvgIpc) is 3.36. The molecule has 8 heteroatoms. The lowest BCUT2D eigenvalue weighted by Crippen LogP contribution is -2.13. The molecule has 0 aliphatic heterocycles. The number of halogens is 2. The zero-order chi connectivity index (χ0) is 19.7. The number of benzene rings is 2. The number of rotatable bonds is 4. The van der Waals surface area contributed by atoms with Gasteiger partial charge in [-0.25, -0.2) is 0 Å². The monoisotopic (exact) mass is 413 g/mol. The van der Waals surface area contributed by atoms with Gasteiger partial charge in [-0.15, -0.1) is 10.2 Å². The molecule has 2 heterocycles. The lowest BCUT2D eigenvalue weighted by atomic mass is 10.1. The number of nitrogens with zero attached hydrogens (tertiary/aromatic N) is 2. The Morgan fingerprint density at radius 3 is 2.64 bits per heavy atom. The van der Waals surface area contributed by atoms with E-state index in [-0.39, 0.29) is 17.7 Å². The fraction of sp³-hybridized carbons (Fsp3) is 0.0500. The highest BCUT2D eigenvalue weighted by Gasteiger charge is 2.16. The lowest BCUT2D eigenvalue weighted by Gasteiger charge is -2.10. The molecule has 2 aromatic heterocycles. The third-order valence-electron chi connectivity index (χ3n) is 4.06. The van der Waals surface area contributed by atoms with Gasteiger partial charge >= 0.3 is 0 Å². The van der Waals surface area contributed by atoms with Gasteiger partial charge in [-0.1, -0.05) is 29.3 Å². The van der Waals surface area contributed by atoms with Crippen LogP contribution in [0.15, 0.2) is 63.6 Å². The number of hydrogen-bond acceptors (Lipinski definition) is 5. The zero-order valence-corrected chi connectivity index (χ0v) is 16.1. The first-order valence-corrected chi connectivity index (χ1v) is 9.01. The Morgan fingerprint density at radius 2 is 1.86 bits per heavy atom. The maximum absolute atomic E-state index is 12.7. The Balaban J connectivity index is 1.62. The Kier molecular flexibility index (Phi) is 4.90. The van der Waals surface area contributed by atoms with E-state index in [0.29, 0.717) is 32.6 Å². The van der Waals surface area contributed by atoms with Crippen molar-refractivity contribution in [1.29, 1.82) is 0 Å². The van der Waals surface area contributed by atoms with Crippen LogP contribution in [0.3, 0.4) is 0 Å². The van der Waals surface area contributed by atoms with Crippen molar-refractivity contribution in [3.05, 3.63) is 76.0 Å². The molecule has 0 saturated heterocycles. The summed E-state index contributed by atoms with van der Waals surface area (Å²) in [5, 5.41) is 11.7. The van der Waals surface area contributed by atoms with Crippen molar-refractivity contribution in [2.45, 2.75) is 6.92 Å². The number of aromatic nitrogens is 2. The van der Waals surface area contributed by atoms with Crippen molar-refractivity contribution in [3.63, 3.8) is 0 Å². The van der Waals surface area contributed by atoms with Crippen molar-refractivity contribution in [2.75, 3.05) is 5.32 Å². The average molecular weight is 414 g/mol. The van der Waals surface area contributed by atoms with E-state index in [4.69, 9.17) is 32.0 Å². The van der Waals surface area contributed by atoms with Crippen LogP contribution in [0.25, 0.3) is 23.1 Å². The van der Waals surface area contributed by atoms with Gasteiger partial charge in [-0.05, 0) is 55.0 Å². The molecular formula is C20H13Cl2N3O3. The van der Waals surface area contributed by atoms with Gasteiger partial charge in [0.1, 0.15) is 0 Å². The van der Waals surface area contributed by atoms with Crippen LogP contribution in [0.5, 0.6) is 0 Å². The van der Waals surface area contributed by atoms with Gasteiger partial charge in [0, 0.05) is 16.1 Å². The maximum Gasteiger partial charge on any atom is 0.283 e. The molecule has 0 aliphatic rings. The molecule has 4 rings (SSSR count). The summed E-state index contributed by atoms with van der Waals surface area (Å²) in [6.07, 6.45) is 1.52. The van der Waals surface area contributed by atoms with Gasteiger partial charge in [0.2, 0.25) is 5.89 Å². The fourth-order valence-corrected chi connectivity index (χ4v) is 2.96. The van der Waals surface area contributed by atoms with E-state index in [1.165, 1.54) is 6.26 Å². The van der Waals surface area contributed by atoms with E-state index in [9.17, 15) is 4.79 Å². The van der Waals surface area contributed by atoms with Gasteiger partial charge in [-0.2, -0.15) is 0 Å². The predicted octanol–water partition coefficient (Wildman–Crippen LogP) is 5.86. The molecule has 0 spiro atoms. The number of furan rings is 1. The largest absolute Gasteiger partial charge is 0.459 e. The number of carbonyl (C=O) groups is 1. The van der Waals surface area contributed by atoms with Crippen LogP contribution in [0.4, 0.5) is 5.69 Å². The first-order valence-electron chi connectivity index (χ1n) is 8.26. The van der Waals surface area contributed by atoms with Crippen LogP contribution in [0, 0.1) is 6.92 Å². The quantitative estimate of drug-likeness (QED) is 0.452. The van der Waals surface area contributed by atoms with Crippen LogP contribution in [-0.2, 0) is 0 Å². The molecule has 0 radical (unpaired) electrons. The highest BCUT2D eigenvalue weighted by atomic mass is 35.5. The van der Waals surface area contributed by atoms with E-state index in [1.807, 2.05) is 6.92 Å². The summed E-state index contributed by atoms with van der Waals surface area (Å²) >= 11 is 12.3. The highest BCUT2D eigenvalue weighted by molar-refractivity contribution is 6.34. The molecule has 28 heavy (non-hydrogen) atoms. The van der Waals surface area contributed by atoms with Crippen LogP contribution in [0.1, 0.15) is 15.9 Å². The van der Waals surface area contributed by atoms with Crippen LogP contribution >= 0.6 is 23.2 Å². The first-order chi connectivity index (χ1) is 13.5. The zero-order valence-electron chi connectivity index (χ0n) is 14.6. The molecule has 0 saturated carbocycles. The third kappa shape index (κ3) is 3.65. The Hall–Kier alpha value is -3.09. The molecule has 0 unspecified atom stereocenters. The molecular weight excluding hydrogens is 401 g/mol. The topological polar surface area (TPSA) is 81.2 Å². The summed E-state index contributed by atoms with van der Waals surface area (Å²) in [4.78, 5) is 12.7. The van der Waals surface area contributed by atoms with Crippen molar-refractivity contribution in [1.82, 2.24) is 10.2 Å². The summed E-state index contributed by atoms with van der Waals surface area (Å²) in [7, 11) is 0. The van der Waals surface area contributed by atoms with E-state index in [2.05, 4.69) is 15.5 Å². The fourth-order valence-electron chi connectivity index (χ4n) is 2.62. The highest BCUT2D eigenvalue weighted by Crippen LogP contribution is 2.30. The molecule has 6 nitrogen and oxygen atoms in total. The van der Waals surface area contributed by atoms with Crippen LogP contribution in [0.2, 0.25) is 10.0 Å². The SMILES string of the molecule is Cc1ccc(Cl)cc1C(=O)Nc1cc(-c2nnc(-c3ccco3)o2)ccc1Cl. The molecule has 0 atom stereocenters. The molecule has 1 N–H and O–H groups in total. The minimum Gasteiger partial charge on any atom is -0.459 e. The van der Waals surface area contributed by atoms with Crippen LogP contribution < -0.4 is 5.32 Å². The molecule has 140 valence electrons. The first kappa shape index (κ1) is 18.3. The minimum absolute atomic E-state index is 0.259. The number of hydrogen-bond donors (Lipinski definition) is 1. The predicted molar refractivity (Wildman–Crippen MR) is 107 cm³/mol. The summed E-state index contributed by atoms with van der Waals surface area (Å²) in [5.74, 6) is 0.686. The number of amides is 1. The van der Waals surface area contributed by atoms with E-state index in [1.54, 1.807) is 48.5 Å². The molecule has 0 fully saturated rings. The van der Waals surface area contributed by atoms with Crippen molar-refractivity contribution in [2.24, 2.45) is 0 Å². The third-order valence-corrected chi connectivity index (χ3v) is 4.63. The molecule has 1 amide bonds.